The SMILES string of the molecule is CC(N)CCNS(=O)(=O)CCCN1C(=O)c2ccccc2C1=O.Cl. The Bertz CT molecular complexity index is 671. The quantitative estimate of drug-likeness (QED) is 0.651. The van der Waals surface area contributed by atoms with Gasteiger partial charge in [0.05, 0.1) is 16.9 Å². The van der Waals surface area contributed by atoms with Gasteiger partial charge in [0, 0.05) is 19.1 Å². The highest BCUT2D eigenvalue weighted by Gasteiger charge is 2.34. The molecule has 0 bridgehead atoms. The number of imide groups is 1. The standard InChI is InChI=1S/C15H21N3O4S.ClH/c1-11(16)7-8-17-23(21,22)10-4-9-18-14(19)12-5-2-3-6-13(12)15(18)20;/h2-3,5-6,11,17H,4,7-10,16H2,1H3;1H. The summed E-state index contributed by atoms with van der Waals surface area (Å²) in [6, 6.07) is 6.51. The fourth-order valence-electron chi connectivity index (χ4n) is 2.37. The third-order valence-electron chi connectivity index (χ3n) is 3.59. The minimum absolute atomic E-state index is 0. The van der Waals surface area contributed by atoms with E-state index in [2.05, 4.69) is 4.72 Å². The highest BCUT2D eigenvalue weighted by atomic mass is 35.5. The van der Waals surface area contributed by atoms with Gasteiger partial charge >= 0.3 is 0 Å². The van der Waals surface area contributed by atoms with Gasteiger partial charge in [0.2, 0.25) is 10.0 Å². The number of sulfonamides is 1. The lowest BCUT2D eigenvalue weighted by Gasteiger charge is -2.14. The molecule has 1 aliphatic heterocycles. The zero-order valence-corrected chi connectivity index (χ0v) is 15.0. The van der Waals surface area contributed by atoms with E-state index in [9.17, 15) is 18.0 Å². The van der Waals surface area contributed by atoms with Crippen LogP contribution in [0.3, 0.4) is 0 Å². The molecule has 3 N–H and O–H groups in total. The van der Waals surface area contributed by atoms with Gasteiger partial charge in [-0.2, -0.15) is 0 Å². The number of hydrogen-bond acceptors (Lipinski definition) is 5. The van der Waals surface area contributed by atoms with Crippen molar-refractivity contribution >= 4 is 34.2 Å². The molecular formula is C15H22ClN3O4S. The van der Waals surface area contributed by atoms with Gasteiger partial charge in [-0.05, 0) is 31.9 Å². The normalized spacial score (nSPS) is 15.2. The molecule has 7 nitrogen and oxygen atoms in total. The first-order chi connectivity index (χ1) is 10.8. The highest BCUT2D eigenvalue weighted by Crippen LogP contribution is 2.22. The van der Waals surface area contributed by atoms with Gasteiger partial charge in [-0.25, -0.2) is 13.1 Å². The van der Waals surface area contributed by atoms with Crippen LogP contribution < -0.4 is 10.5 Å². The molecule has 0 fully saturated rings. The van der Waals surface area contributed by atoms with Gasteiger partial charge in [0.1, 0.15) is 0 Å². The number of carbonyl (C=O) groups excluding carboxylic acids is 2. The van der Waals surface area contributed by atoms with Crippen molar-refractivity contribution in [3.8, 4) is 0 Å². The molecule has 0 spiro atoms. The molecule has 134 valence electrons. The lowest BCUT2D eigenvalue weighted by atomic mass is 10.1. The first-order valence-electron chi connectivity index (χ1n) is 7.50. The van der Waals surface area contributed by atoms with Crippen LogP contribution in [0.1, 0.15) is 40.5 Å². The predicted octanol–water partition coefficient (Wildman–Crippen LogP) is 0.751. The molecule has 0 saturated carbocycles. The molecule has 24 heavy (non-hydrogen) atoms. The number of hydrogen-bond donors (Lipinski definition) is 2. The van der Waals surface area contributed by atoms with Crippen LogP contribution in [-0.2, 0) is 10.0 Å². The number of nitrogens with one attached hydrogen (secondary N) is 1. The Morgan fingerprint density at radius 3 is 2.21 bits per heavy atom. The molecule has 2 rings (SSSR count). The van der Waals surface area contributed by atoms with Crippen LogP contribution in [-0.4, -0.2) is 50.0 Å². The van der Waals surface area contributed by atoms with Gasteiger partial charge in [-0.3, -0.25) is 14.5 Å². The Kier molecular flexibility index (Phi) is 7.34. The van der Waals surface area contributed by atoms with E-state index in [0.717, 1.165) is 4.90 Å². The second-order valence-electron chi connectivity index (χ2n) is 5.64. The fourth-order valence-corrected chi connectivity index (χ4v) is 3.45. The third-order valence-corrected chi connectivity index (χ3v) is 5.06. The van der Waals surface area contributed by atoms with Crippen LogP contribution in [0, 0.1) is 0 Å². The first kappa shape index (κ1) is 20.6. The summed E-state index contributed by atoms with van der Waals surface area (Å²) >= 11 is 0. The molecule has 0 radical (unpaired) electrons. The van der Waals surface area contributed by atoms with Crippen LogP contribution >= 0.6 is 12.4 Å². The smallest absolute Gasteiger partial charge is 0.261 e. The molecule has 1 aromatic carbocycles. The average molecular weight is 376 g/mol. The molecular weight excluding hydrogens is 354 g/mol. The number of carbonyl (C=O) groups is 2. The Hall–Kier alpha value is -1.48. The second-order valence-corrected chi connectivity index (χ2v) is 7.57. The summed E-state index contributed by atoms with van der Waals surface area (Å²) in [5, 5.41) is 0. The summed E-state index contributed by atoms with van der Waals surface area (Å²) in [6.07, 6.45) is 0.747. The Labute approximate surface area is 148 Å². The maximum absolute atomic E-state index is 12.1. The van der Waals surface area contributed by atoms with E-state index in [-0.39, 0.29) is 55.5 Å². The van der Waals surface area contributed by atoms with Crippen molar-refractivity contribution in [2.75, 3.05) is 18.8 Å². The maximum atomic E-state index is 12.1. The number of rotatable bonds is 8. The van der Waals surface area contributed by atoms with Crippen LogP contribution in [0.2, 0.25) is 0 Å². The number of nitrogens with zero attached hydrogens (tertiary/aromatic N) is 1. The van der Waals surface area contributed by atoms with Crippen molar-refractivity contribution in [1.82, 2.24) is 9.62 Å². The minimum Gasteiger partial charge on any atom is -0.328 e. The lowest BCUT2D eigenvalue weighted by molar-refractivity contribution is 0.0654. The Morgan fingerprint density at radius 1 is 1.17 bits per heavy atom. The molecule has 1 heterocycles. The third kappa shape index (κ3) is 5.01. The molecule has 0 saturated heterocycles. The van der Waals surface area contributed by atoms with E-state index in [1.807, 2.05) is 0 Å². The number of nitrogens with two attached hydrogens (primary N) is 1. The summed E-state index contributed by atoms with van der Waals surface area (Å²) in [6.45, 7) is 2.17. The van der Waals surface area contributed by atoms with Crippen LogP contribution in [0.25, 0.3) is 0 Å². The molecule has 1 unspecified atom stereocenters. The minimum atomic E-state index is -3.43. The van der Waals surface area contributed by atoms with Crippen LogP contribution in [0.4, 0.5) is 0 Å². The summed E-state index contributed by atoms with van der Waals surface area (Å²) in [7, 11) is -3.43. The van der Waals surface area contributed by atoms with Crippen LogP contribution in [0.15, 0.2) is 24.3 Å². The number of fused-ring (bicyclic) bond motifs is 1. The number of halogens is 1. The second kappa shape index (κ2) is 8.57. The first-order valence-corrected chi connectivity index (χ1v) is 9.15. The Balaban J connectivity index is 0.00000288. The van der Waals surface area contributed by atoms with E-state index < -0.39 is 10.0 Å². The van der Waals surface area contributed by atoms with Gasteiger partial charge in [0.25, 0.3) is 11.8 Å². The van der Waals surface area contributed by atoms with Crippen molar-refractivity contribution < 1.29 is 18.0 Å². The molecule has 0 aromatic heterocycles. The summed E-state index contributed by atoms with van der Waals surface area (Å²) < 4.78 is 26.1. The molecule has 9 heteroatoms. The molecule has 0 aliphatic carbocycles. The van der Waals surface area contributed by atoms with Gasteiger partial charge < -0.3 is 5.73 Å². The van der Waals surface area contributed by atoms with E-state index in [0.29, 0.717) is 17.5 Å². The average Bonchev–Trinajstić information content (AvgIpc) is 2.72. The van der Waals surface area contributed by atoms with E-state index >= 15 is 0 Å². The molecule has 1 aliphatic rings. The van der Waals surface area contributed by atoms with Crippen LogP contribution in [0.5, 0.6) is 0 Å². The number of amides is 2. The molecule has 1 atom stereocenters. The maximum Gasteiger partial charge on any atom is 0.261 e. The highest BCUT2D eigenvalue weighted by molar-refractivity contribution is 7.89. The summed E-state index contributed by atoms with van der Waals surface area (Å²) in [5.74, 6) is -0.875. The Morgan fingerprint density at radius 2 is 1.71 bits per heavy atom. The van der Waals surface area contributed by atoms with Crippen molar-refractivity contribution in [3.63, 3.8) is 0 Å². The zero-order valence-electron chi connectivity index (χ0n) is 13.4. The zero-order chi connectivity index (χ0) is 17.0. The van der Waals surface area contributed by atoms with Crippen molar-refractivity contribution in [1.29, 1.82) is 0 Å². The van der Waals surface area contributed by atoms with Gasteiger partial charge in [0.15, 0.2) is 0 Å². The topological polar surface area (TPSA) is 110 Å². The van der Waals surface area contributed by atoms with Crippen molar-refractivity contribution in [3.05, 3.63) is 35.4 Å². The van der Waals surface area contributed by atoms with Gasteiger partial charge in [-0.15, -0.1) is 12.4 Å². The largest absolute Gasteiger partial charge is 0.328 e. The van der Waals surface area contributed by atoms with Crippen molar-refractivity contribution in [2.24, 2.45) is 5.73 Å². The lowest BCUT2D eigenvalue weighted by Crippen LogP contribution is -2.34. The molecule has 1 aromatic rings. The predicted molar refractivity (Wildman–Crippen MR) is 93.7 cm³/mol. The van der Waals surface area contributed by atoms with Crippen molar-refractivity contribution in [2.45, 2.75) is 25.8 Å². The van der Waals surface area contributed by atoms with Gasteiger partial charge in [-0.1, -0.05) is 12.1 Å². The number of benzene rings is 1. The fraction of sp³-hybridized carbons (Fsp3) is 0.467. The summed E-state index contributed by atoms with van der Waals surface area (Å²) in [5.41, 5.74) is 6.30. The molecule has 2 amide bonds. The summed E-state index contributed by atoms with van der Waals surface area (Å²) in [4.78, 5) is 25.4. The van der Waals surface area contributed by atoms with E-state index in [4.69, 9.17) is 5.73 Å². The van der Waals surface area contributed by atoms with E-state index in [1.165, 1.54) is 0 Å². The monoisotopic (exact) mass is 375 g/mol. The van der Waals surface area contributed by atoms with E-state index in [1.54, 1.807) is 31.2 Å².